The molecule has 0 amide bonds. The summed E-state index contributed by atoms with van der Waals surface area (Å²) >= 11 is 0. The van der Waals surface area contributed by atoms with Crippen molar-refractivity contribution in [3.8, 4) is 11.3 Å². The van der Waals surface area contributed by atoms with Gasteiger partial charge in [0.15, 0.2) is 0 Å². The molecule has 0 fully saturated rings. The van der Waals surface area contributed by atoms with E-state index in [1.54, 1.807) is 0 Å². The van der Waals surface area contributed by atoms with Gasteiger partial charge in [-0.05, 0) is 25.3 Å². The zero-order valence-electron chi connectivity index (χ0n) is 11.1. The lowest BCUT2D eigenvalue weighted by Crippen LogP contribution is -1.95. The average Bonchev–Trinajstić information content (AvgIpc) is 2.78. The first-order valence-corrected chi connectivity index (χ1v) is 6.50. The van der Waals surface area contributed by atoms with Crippen LogP contribution in [0.1, 0.15) is 37.0 Å². The van der Waals surface area contributed by atoms with E-state index in [4.69, 9.17) is 10.2 Å². The van der Waals surface area contributed by atoms with E-state index in [1.807, 2.05) is 6.92 Å². The van der Waals surface area contributed by atoms with Gasteiger partial charge in [0.1, 0.15) is 11.5 Å². The molecule has 3 nitrogen and oxygen atoms in total. The van der Waals surface area contributed by atoms with Crippen LogP contribution in [0.15, 0.2) is 28.7 Å². The van der Waals surface area contributed by atoms with Crippen molar-refractivity contribution in [3.63, 3.8) is 0 Å². The molecule has 2 N–H and O–H groups in total. The van der Waals surface area contributed by atoms with E-state index >= 15 is 0 Å². The van der Waals surface area contributed by atoms with Crippen LogP contribution in [-0.4, -0.2) is 4.98 Å². The number of aryl methyl sites for hydroxylation is 2. The number of oxazole rings is 1. The Labute approximate surface area is 108 Å². The molecule has 2 aromatic rings. The van der Waals surface area contributed by atoms with E-state index in [0.717, 1.165) is 23.4 Å². The Morgan fingerprint density at radius 2 is 1.94 bits per heavy atom. The summed E-state index contributed by atoms with van der Waals surface area (Å²) in [4.78, 5) is 4.40. The third-order valence-electron chi connectivity index (χ3n) is 3.06. The molecule has 2 rings (SSSR count). The van der Waals surface area contributed by atoms with Crippen molar-refractivity contribution in [1.82, 2.24) is 4.98 Å². The zero-order chi connectivity index (χ0) is 13.0. The van der Waals surface area contributed by atoms with Crippen LogP contribution in [0.4, 0.5) is 0 Å². The van der Waals surface area contributed by atoms with Gasteiger partial charge in [-0.15, -0.1) is 0 Å². The normalized spacial score (nSPS) is 10.8. The molecule has 0 aliphatic heterocycles. The molecule has 0 radical (unpaired) electrons. The van der Waals surface area contributed by atoms with Gasteiger partial charge in [0.25, 0.3) is 0 Å². The molecule has 0 atom stereocenters. The molecule has 0 spiro atoms. The van der Waals surface area contributed by atoms with Gasteiger partial charge in [-0.2, -0.15) is 0 Å². The molecule has 0 unspecified atom stereocenters. The maximum atomic E-state index is 5.53. The summed E-state index contributed by atoms with van der Waals surface area (Å²) in [5.74, 6) is 1.43. The first-order chi connectivity index (χ1) is 8.74. The Kier molecular flexibility index (Phi) is 4.15. The first kappa shape index (κ1) is 12.8. The minimum atomic E-state index is 0.343. The Morgan fingerprint density at radius 1 is 1.22 bits per heavy atom. The Morgan fingerprint density at radius 3 is 2.50 bits per heavy atom. The van der Waals surface area contributed by atoms with Gasteiger partial charge >= 0.3 is 0 Å². The summed E-state index contributed by atoms with van der Waals surface area (Å²) in [6.45, 7) is 4.48. The van der Waals surface area contributed by atoms with Crippen molar-refractivity contribution in [2.24, 2.45) is 5.73 Å². The quantitative estimate of drug-likeness (QED) is 0.876. The molecule has 1 aromatic carbocycles. The third kappa shape index (κ3) is 2.79. The average molecular weight is 244 g/mol. The number of hydrogen-bond acceptors (Lipinski definition) is 3. The second-order valence-electron chi connectivity index (χ2n) is 4.52. The Balaban J connectivity index is 2.20. The molecule has 0 aliphatic rings. The van der Waals surface area contributed by atoms with E-state index in [9.17, 15) is 0 Å². The minimum absolute atomic E-state index is 0.343. The van der Waals surface area contributed by atoms with Crippen molar-refractivity contribution < 1.29 is 4.42 Å². The van der Waals surface area contributed by atoms with Crippen LogP contribution in [0, 0.1) is 6.92 Å². The third-order valence-corrected chi connectivity index (χ3v) is 3.06. The number of nitrogens with two attached hydrogens (primary N) is 1. The van der Waals surface area contributed by atoms with Crippen LogP contribution in [0.3, 0.4) is 0 Å². The molecular formula is C15H20N2O. The minimum Gasteiger partial charge on any atom is -0.444 e. The fourth-order valence-electron chi connectivity index (χ4n) is 2.02. The van der Waals surface area contributed by atoms with Gasteiger partial charge in [-0.3, -0.25) is 0 Å². The van der Waals surface area contributed by atoms with Crippen LogP contribution in [-0.2, 0) is 13.0 Å². The highest BCUT2D eigenvalue weighted by atomic mass is 16.4. The van der Waals surface area contributed by atoms with E-state index in [0.29, 0.717) is 12.4 Å². The lowest BCUT2D eigenvalue weighted by Gasteiger charge is -2.02. The van der Waals surface area contributed by atoms with Crippen molar-refractivity contribution in [3.05, 3.63) is 41.5 Å². The van der Waals surface area contributed by atoms with Gasteiger partial charge in [0.2, 0.25) is 5.89 Å². The Bertz CT molecular complexity index is 500. The molecule has 1 aromatic heterocycles. The zero-order valence-corrected chi connectivity index (χ0v) is 11.1. The number of nitrogens with zero attached hydrogens (tertiary/aromatic N) is 1. The summed E-state index contributed by atoms with van der Waals surface area (Å²) in [5.41, 5.74) is 8.90. The standard InChI is InChI=1S/C15H20N2O/c1-3-4-5-12-6-8-13(9-7-12)15-11(2)18-14(10-16)17-15/h6-9H,3-5,10,16H2,1-2H3. The maximum Gasteiger partial charge on any atom is 0.208 e. The van der Waals surface area contributed by atoms with E-state index < -0.39 is 0 Å². The van der Waals surface area contributed by atoms with Crippen LogP contribution in [0.5, 0.6) is 0 Å². The molecule has 3 heteroatoms. The van der Waals surface area contributed by atoms with Crippen LogP contribution < -0.4 is 5.73 Å². The van der Waals surface area contributed by atoms with Gasteiger partial charge < -0.3 is 10.2 Å². The SMILES string of the molecule is CCCCc1ccc(-c2nc(CN)oc2C)cc1. The fourth-order valence-corrected chi connectivity index (χ4v) is 2.02. The van der Waals surface area contributed by atoms with Gasteiger partial charge in [0, 0.05) is 5.56 Å². The molecule has 0 bridgehead atoms. The molecule has 96 valence electrons. The topological polar surface area (TPSA) is 52.0 Å². The highest BCUT2D eigenvalue weighted by Gasteiger charge is 2.10. The predicted molar refractivity (Wildman–Crippen MR) is 73.2 cm³/mol. The predicted octanol–water partition coefficient (Wildman–Crippen LogP) is 3.45. The summed E-state index contributed by atoms with van der Waals surface area (Å²) in [6, 6.07) is 8.55. The number of benzene rings is 1. The second-order valence-corrected chi connectivity index (χ2v) is 4.52. The van der Waals surface area contributed by atoms with Gasteiger partial charge in [0.05, 0.1) is 6.54 Å². The van der Waals surface area contributed by atoms with E-state index in [1.165, 1.54) is 18.4 Å². The lowest BCUT2D eigenvalue weighted by atomic mass is 10.0. The summed E-state index contributed by atoms with van der Waals surface area (Å²) in [7, 11) is 0. The van der Waals surface area contributed by atoms with Crippen molar-refractivity contribution in [2.75, 3.05) is 0 Å². The summed E-state index contributed by atoms with van der Waals surface area (Å²) < 4.78 is 5.48. The number of rotatable bonds is 5. The van der Waals surface area contributed by atoms with Crippen molar-refractivity contribution in [2.45, 2.75) is 39.7 Å². The van der Waals surface area contributed by atoms with E-state index in [-0.39, 0.29) is 0 Å². The fraction of sp³-hybridized carbons (Fsp3) is 0.400. The number of hydrogen-bond donors (Lipinski definition) is 1. The highest BCUT2D eigenvalue weighted by Crippen LogP contribution is 2.23. The largest absolute Gasteiger partial charge is 0.444 e. The molecular weight excluding hydrogens is 224 g/mol. The van der Waals surface area contributed by atoms with Crippen molar-refractivity contribution >= 4 is 0 Å². The Hall–Kier alpha value is -1.61. The molecule has 0 saturated carbocycles. The lowest BCUT2D eigenvalue weighted by molar-refractivity contribution is 0.474. The molecule has 0 aliphatic carbocycles. The van der Waals surface area contributed by atoms with Gasteiger partial charge in [-0.25, -0.2) is 4.98 Å². The first-order valence-electron chi connectivity index (χ1n) is 6.50. The maximum absolute atomic E-state index is 5.53. The van der Waals surface area contributed by atoms with E-state index in [2.05, 4.69) is 36.2 Å². The van der Waals surface area contributed by atoms with Crippen LogP contribution in [0.25, 0.3) is 11.3 Å². The molecule has 1 heterocycles. The van der Waals surface area contributed by atoms with Crippen LogP contribution >= 0.6 is 0 Å². The smallest absolute Gasteiger partial charge is 0.208 e. The van der Waals surface area contributed by atoms with Crippen molar-refractivity contribution in [1.29, 1.82) is 0 Å². The molecule has 0 saturated heterocycles. The second kappa shape index (κ2) is 5.83. The highest BCUT2D eigenvalue weighted by molar-refractivity contribution is 5.61. The summed E-state index contributed by atoms with van der Waals surface area (Å²) in [6.07, 6.45) is 3.60. The number of unbranched alkanes of at least 4 members (excludes halogenated alkanes) is 1. The monoisotopic (exact) mass is 244 g/mol. The molecule has 18 heavy (non-hydrogen) atoms. The van der Waals surface area contributed by atoms with Gasteiger partial charge in [-0.1, -0.05) is 37.6 Å². The van der Waals surface area contributed by atoms with Crippen LogP contribution in [0.2, 0.25) is 0 Å². The number of aromatic nitrogens is 1. The summed E-state index contributed by atoms with van der Waals surface area (Å²) in [5, 5.41) is 0.